The molecular formula is C22H28N4O6. The number of carbonyl (C=O) groups is 3. The van der Waals surface area contributed by atoms with Gasteiger partial charge in [0.15, 0.2) is 6.61 Å². The van der Waals surface area contributed by atoms with Crippen molar-refractivity contribution in [3.8, 4) is 0 Å². The van der Waals surface area contributed by atoms with Crippen molar-refractivity contribution in [1.29, 1.82) is 0 Å². The third-order valence-corrected chi connectivity index (χ3v) is 5.02. The molecule has 32 heavy (non-hydrogen) atoms. The Morgan fingerprint density at radius 1 is 1.09 bits per heavy atom. The number of aromatic nitrogens is 2. The molecule has 172 valence electrons. The lowest BCUT2D eigenvalue weighted by molar-refractivity contribution is -0.145. The van der Waals surface area contributed by atoms with E-state index in [2.05, 4.69) is 5.32 Å². The third-order valence-electron chi connectivity index (χ3n) is 5.02. The quantitative estimate of drug-likeness (QED) is 0.447. The molecule has 1 aromatic heterocycles. The van der Waals surface area contributed by atoms with Crippen LogP contribution in [0.15, 0.2) is 33.9 Å². The first-order valence-corrected chi connectivity index (χ1v) is 10.1. The standard InChI is InChI=1S/C22H28N4O6/c1-12(2)10-15(24-19(28)14-9-7-6-8-13(14)3)21(30)32-11-16(27)17-18(23)25(4)22(31)26(5)20(17)29/h6-9,12,15H,10-11,23H2,1-5H3,(H,24,28)/t15-/m1/s1. The van der Waals surface area contributed by atoms with Crippen LogP contribution in [0.5, 0.6) is 0 Å². The van der Waals surface area contributed by atoms with Crippen molar-refractivity contribution in [2.75, 3.05) is 12.3 Å². The molecule has 0 radical (unpaired) electrons. The van der Waals surface area contributed by atoms with Gasteiger partial charge in [-0.15, -0.1) is 0 Å². The molecule has 1 heterocycles. The lowest BCUT2D eigenvalue weighted by atomic mass is 10.0. The fourth-order valence-corrected chi connectivity index (χ4v) is 3.18. The molecule has 1 aromatic carbocycles. The van der Waals surface area contributed by atoms with Crippen molar-refractivity contribution in [2.24, 2.45) is 20.0 Å². The SMILES string of the molecule is Cc1ccccc1C(=O)N[C@H](CC(C)C)C(=O)OCC(=O)c1c(N)n(C)c(=O)n(C)c1=O. The zero-order valence-corrected chi connectivity index (χ0v) is 18.8. The molecule has 10 nitrogen and oxygen atoms in total. The molecule has 0 saturated heterocycles. The van der Waals surface area contributed by atoms with Gasteiger partial charge in [-0.1, -0.05) is 32.0 Å². The van der Waals surface area contributed by atoms with Gasteiger partial charge in [0.2, 0.25) is 5.78 Å². The average Bonchev–Trinajstić information content (AvgIpc) is 2.74. The van der Waals surface area contributed by atoms with Gasteiger partial charge in [0.25, 0.3) is 11.5 Å². The summed E-state index contributed by atoms with van der Waals surface area (Å²) in [5, 5.41) is 2.66. The largest absolute Gasteiger partial charge is 0.456 e. The molecule has 0 bridgehead atoms. The van der Waals surface area contributed by atoms with Crippen LogP contribution in [0.2, 0.25) is 0 Å². The number of ether oxygens (including phenoxy) is 1. The highest BCUT2D eigenvalue weighted by Gasteiger charge is 2.27. The van der Waals surface area contributed by atoms with Crippen molar-refractivity contribution in [2.45, 2.75) is 33.2 Å². The van der Waals surface area contributed by atoms with Gasteiger partial charge in [-0.05, 0) is 30.9 Å². The number of ketones is 1. The van der Waals surface area contributed by atoms with Crippen LogP contribution < -0.4 is 22.3 Å². The summed E-state index contributed by atoms with van der Waals surface area (Å²) in [4.78, 5) is 62.1. The highest BCUT2D eigenvalue weighted by Crippen LogP contribution is 2.12. The van der Waals surface area contributed by atoms with Crippen molar-refractivity contribution in [3.63, 3.8) is 0 Å². The van der Waals surface area contributed by atoms with Crippen molar-refractivity contribution >= 4 is 23.5 Å². The number of esters is 1. The van der Waals surface area contributed by atoms with Crippen LogP contribution >= 0.6 is 0 Å². The topological polar surface area (TPSA) is 142 Å². The van der Waals surface area contributed by atoms with Crippen LogP contribution in [0.25, 0.3) is 0 Å². The summed E-state index contributed by atoms with van der Waals surface area (Å²) < 4.78 is 6.82. The average molecular weight is 444 g/mol. The second-order valence-electron chi connectivity index (χ2n) is 7.97. The molecule has 2 rings (SSSR count). The van der Waals surface area contributed by atoms with E-state index in [4.69, 9.17) is 10.5 Å². The zero-order chi connectivity index (χ0) is 24.2. The lowest BCUT2D eigenvalue weighted by Crippen LogP contribution is -2.44. The van der Waals surface area contributed by atoms with E-state index in [1.165, 1.54) is 14.1 Å². The smallest absolute Gasteiger partial charge is 0.332 e. The maximum absolute atomic E-state index is 12.7. The Balaban J connectivity index is 2.18. The van der Waals surface area contributed by atoms with Crippen LogP contribution in [0.3, 0.4) is 0 Å². The van der Waals surface area contributed by atoms with Gasteiger partial charge in [0.1, 0.15) is 17.4 Å². The first-order chi connectivity index (χ1) is 15.0. The molecule has 2 aromatic rings. The molecule has 0 unspecified atom stereocenters. The second-order valence-corrected chi connectivity index (χ2v) is 7.97. The molecule has 0 aliphatic carbocycles. The van der Waals surface area contributed by atoms with Crippen molar-refractivity contribution < 1.29 is 19.1 Å². The number of hydrogen-bond acceptors (Lipinski definition) is 7. The number of nitrogens with zero attached hydrogens (tertiary/aromatic N) is 2. The summed E-state index contributed by atoms with van der Waals surface area (Å²) in [6.45, 7) is 4.77. The molecule has 1 atom stereocenters. The van der Waals surface area contributed by atoms with Gasteiger partial charge in [-0.2, -0.15) is 0 Å². The first-order valence-electron chi connectivity index (χ1n) is 10.1. The highest BCUT2D eigenvalue weighted by molar-refractivity contribution is 6.02. The predicted octanol–water partition coefficient (Wildman–Crippen LogP) is 0.545. The normalized spacial score (nSPS) is 11.8. The Labute approximate surface area is 185 Å². The van der Waals surface area contributed by atoms with Crippen LogP contribution in [0.1, 0.15) is 46.5 Å². The van der Waals surface area contributed by atoms with Gasteiger partial charge in [-0.3, -0.25) is 23.5 Å². The van der Waals surface area contributed by atoms with Crippen molar-refractivity contribution in [1.82, 2.24) is 14.5 Å². The number of amides is 1. The van der Waals surface area contributed by atoms with Crippen LogP contribution in [0.4, 0.5) is 5.82 Å². The van der Waals surface area contributed by atoms with E-state index in [1.54, 1.807) is 31.2 Å². The maximum atomic E-state index is 12.7. The number of hydrogen-bond donors (Lipinski definition) is 2. The molecule has 10 heteroatoms. The number of benzene rings is 1. The summed E-state index contributed by atoms with van der Waals surface area (Å²) >= 11 is 0. The Kier molecular flexibility index (Phi) is 7.74. The molecule has 0 aliphatic heterocycles. The van der Waals surface area contributed by atoms with E-state index in [-0.39, 0.29) is 18.2 Å². The van der Waals surface area contributed by atoms with E-state index in [0.29, 0.717) is 5.56 Å². The van der Waals surface area contributed by atoms with Crippen LogP contribution in [0, 0.1) is 12.8 Å². The zero-order valence-electron chi connectivity index (χ0n) is 18.8. The summed E-state index contributed by atoms with van der Waals surface area (Å²) in [5.41, 5.74) is 4.93. The summed E-state index contributed by atoms with van der Waals surface area (Å²) in [6.07, 6.45) is 0.286. The first kappa shape index (κ1) is 24.6. The number of aryl methyl sites for hydroxylation is 1. The van der Waals surface area contributed by atoms with Gasteiger partial charge >= 0.3 is 11.7 Å². The molecule has 0 spiro atoms. The Morgan fingerprint density at radius 2 is 1.72 bits per heavy atom. The number of nitrogens with one attached hydrogen (secondary N) is 1. The Bertz CT molecular complexity index is 1160. The molecule has 0 aliphatic rings. The second kappa shape index (κ2) is 10.1. The molecular weight excluding hydrogens is 416 g/mol. The van der Waals surface area contributed by atoms with E-state index in [0.717, 1.165) is 14.7 Å². The van der Waals surface area contributed by atoms with Crippen LogP contribution in [-0.4, -0.2) is 39.4 Å². The van der Waals surface area contributed by atoms with Gasteiger partial charge in [0.05, 0.1) is 0 Å². The Hall–Kier alpha value is -3.69. The number of carbonyl (C=O) groups excluding carboxylic acids is 3. The maximum Gasteiger partial charge on any atom is 0.332 e. The summed E-state index contributed by atoms with van der Waals surface area (Å²) in [7, 11) is 2.53. The Morgan fingerprint density at radius 3 is 2.31 bits per heavy atom. The minimum Gasteiger partial charge on any atom is -0.456 e. The van der Waals surface area contributed by atoms with Crippen LogP contribution in [-0.2, 0) is 23.6 Å². The van der Waals surface area contributed by atoms with Gasteiger partial charge < -0.3 is 15.8 Å². The number of nitrogen functional groups attached to an aromatic ring is 1. The fourth-order valence-electron chi connectivity index (χ4n) is 3.18. The lowest BCUT2D eigenvalue weighted by Gasteiger charge is -2.20. The van der Waals surface area contributed by atoms with E-state index >= 15 is 0 Å². The molecule has 0 saturated carbocycles. The van der Waals surface area contributed by atoms with E-state index < -0.39 is 47.1 Å². The minimum atomic E-state index is -0.991. The number of anilines is 1. The summed E-state index contributed by atoms with van der Waals surface area (Å²) in [6, 6.07) is 5.95. The number of Topliss-reactive ketones (excluding diaryl/α,β-unsaturated/α-hetero) is 1. The third kappa shape index (κ3) is 5.32. The molecule has 3 N–H and O–H groups in total. The predicted molar refractivity (Wildman–Crippen MR) is 119 cm³/mol. The highest BCUT2D eigenvalue weighted by atomic mass is 16.5. The monoisotopic (exact) mass is 444 g/mol. The van der Waals surface area contributed by atoms with E-state index in [1.807, 2.05) is 13.8 Å². The summed E-state index contributed by atoms with van der Waals surface area (Å²) in [5.74, 6) is -2.36. The number of nitrogens with two attached hydrogens (primary N) is 1. The van der Waals surface area contributed by atoms with Gasteiger partial charge in [0, 0.05) is 19.7 Å². The van der Waals surface area contributed by atoms with Gasteiger partial charge in [-0.25, -0.2) is 9.59 Å². The fraction of sp³-hybridized carbons (Fsp3) is 0.409. The molecule has 1 amide bonds. The number of rotatable bonds is 8. The van der Waals surface area contributed by atoms with E-state index in [9.17, 15) is 24.0 Å². The minimum absolute atomic E-state index is 0.0482. The van der Waals surface area contributed by atoms with Crippen molar-refractivity contribution in [3.05, 3.63) is 61.8 Å². The molecule has 0 fully saturated rings.